The average molecular weight is 309 g/mol. The lowest BCUT2D eigenvalue weighted by Gasteiger charge is -2.36. The second-order valence-electron chi connectivity index (χ2n) is 5.72. The molecule has 1 aromatic rings. The third-order valence-corrected chi connectivity index (χ3v) is 6.01. The Morgan fingerprint density at radius 2 is 2.00 bits per heavy atom. The molecule has 114 valence electrons. The number of hydrogen-bond acceptors (Lipinski definition) is 4. The minimum Gasteiger partial charge on any atom is -0.399 e. The van der Waals surface area contributed by atoms with E-state index in [-0.39, 0.29) is 16.8 Å². The van der Waals surface area contributed by atoms with Gasteiger partial charge < -0.3 is 10.6 Å². The van der Waals surface area contributed by atoms with Crippen LogP contribution < -0.4 is 5.73 Å². The predicted octanol–water partition coefficient (Wildman–Crippen LogP) is 0.573. The van der Waals surface area contributed by atoms with E-state index in [1.165, 1.54) is 10.4 Å². The van der Waals surface area contributed by atoms with Crippen molar-refractivity contribution in [1.82, 2.24) is 9.21 Å². The molecule has 1 atom stereocenters. The van der Waals surface area contributed by atoms with Crippen LogP contribution in [0.15, 0.2) is 23.1 Å². The van der Waals surface area contributed by atoms with E-state index in [4.69, 9.17) is 5.73 Å². The standard InChI is InChI=1S/C14H19N3O3S/c1-10-6-11(15)8-13(7-10)21(19,20)16-4-5-17-12(9-16)2-3-14(17)18/h6-8,12H,2-5,9,15H2,1H3. The van der Waals surface area contributed by atoms with Gasteiger partial charge in [-0.3, -0.25) is 4.79 Å². The van der Waals surface area contributed by atoms with Gasteiger partial charge in [-0.05, 0) is 37.1 Å². The largest absolute Gasteiger partial charge is 0.399 e. The molecule has 0 bridgehead atoms. The summed E-state index contributed by atoms with van der Waals surface area (Å²) in [5.41, 5.74) is 7.02. The molecule has 1 unspecified atom stereocenters. The molecular weight excluding hydrogens is 290 g/mol. The summed E-state index contributed by atoms with van der Waals surface area (Å²) >= 11 is 0. The summed E-state index contributed by atoms with van der Waals surface area (Å²) in [6, 6.07) is 4.89. The Bertz CT molecular complexity index is 666. The fraction of sp³-hybridized carbons (Fsp3) is 0.500. The van der Waals surface area contributed by atoms with Gasteiger partial charge in [0.15, 0.2) is 0 Å². The number of anilines is 1. The molecule has 0 aliphatic carbocycles. The summed E-state index contributed by atoms with van der Waals surface area (Å²) in [7, 11) is -3.55. The van der Waals surface area contributed by atoms with Crippen LogP contribution in [0, 0.1) is 6.92 Å². The Balaban J connectivity index is 1.87. The molecule has 2 N–H and O–H groups in total. The van der Waals surface area contributed by atoms with Crippen molar-refractivity contribution in [3.05, 3.63) is 23.8 Å². The van der Waals surface area contributed by atoms with Crippen molar-refractivity contribution in [3.63, 3.8) is 0 Å². The number of carbonyl (C=O) groups excluding carboxylic acids is 1. The van der Waals surface area contributed by atoms with Gasteiger partial charge in [-0.1, -0.05) is 0 Å². The third-order valence-electron chi connectivity index (χ3n) is 4.17. The van der Waals surface area contributed by atoms with Crippen LogP contribution in [0.25, 0.3) is 0 Å². The van der Waals surface area contributed by atoms with Gasteiger partial charge in [-0.15, -0.1) is 0 Å². The second kappa shape index (κ2) is 4.99. The lowest BCUT2D eigenvalue weighted by molar-refractivity contribution is -0.130. The molecule has 21 heavy (non-hydrogen) atoms. The average Bonchev–Trinajstić information content (AvgIpc) is 2.79. The molecular formula is C14H19N3O3S. The van der Waals surface area contributed by atoms with Crippen molar-refractivity contribution in [2.75, 3.05) is 25.4 Å². The Kier molecular flexibility index (Phi) is 3.41. The molecule has 7 heteroatoms. The summed E-state index contributed by atoms with van der Waals surface area (Å²) in [6.07, 6.45) is 1.26. The molecule has 2 saturated heterocycles. The first-order chi connectivity index (χ1) is 9.88. The number of carbonyl (C=O) groups is 1. The van der Waals surface area contributed by atoms with Gasteiger partial charge in [-0.2, -0.15) is 4.31 Å². The first-order valence-corrected chi connectivity index (χ1v) is 8.49. The van der Waals surface area contributed by atoms with Crippen LogP contribution in [-0.2, 0) is 14.8 Å². The first-order valence-electron chi connectivity index (χ1n) is 7.05. The van der Waals surface area contributed by atoms with Gasteiger partial charge in [0.05, 0.1) is 4.90 Å². The van der Waals surface area contributed by atoms with Crippen LogP contribution in [0.3, 0.4) is 0 Å². The molecule has 0 spiro atoms. The fourth-order valence-corrected chi connectivity index (χ4v) is 4.74. The van der Waals surface area contributed by atoms with Crippen molar-refractivity contribution < 1.29 is 13.2 Å². The highest BCUT2D eigenvalue weighted by molar-refractivity contribution is 7.89. The van der Waals surface area contributed by atoms with E-state index in [0.29, 0.717) is 31.7 Å². The summed E-state index contributed by atoms with van der Waals surface area (Å²) in [4.78, 5) is 13.7. The van der Waals surface area contributed by atoms with Gasteiger partial charge in [0.25, 0.3) is 0 Å². The van der Waals surface area contributed by atoms with Crippen LogP contribution >= 0.6 is 0 Å². The molecule has 6 nitrogen and oxygen atoms in total. The van der Waals surface area contributed by atoms with Crippen LogP contribution in [0.5, 0.6) is 0 Å². The number of rotatable bonds is 2. The van der Waals surface area contributed by atoms with Crippen LogP contribution in [0.4, 0.5) is 5.69 Å². The van der Waals surface area contributed by atoms with E-state index in [2.05, 4.69) is 0 Å². The van der Waals surface area contributed by atoms with E-state index in [9.17, 15) is 13.2 Å². The zero-order valence-electron chi connectivity index (χ0n) is 11.9. The van der Waals surface area contributed by atoms with E-state index in [1.807, 2.05) is 6.92 Å². The Morgan fingerprint density at radius 1 is 1.24 bits per heavy atom. The quantitative estimate of drug-likeness (QED) is 0.810. The lowest BCUT2D eigenvalue weighted by atomic mass is 10.2. The van der Waals surface area contributed by atoms with Gasteiger partial charge >= 0.3 is 0 Å². The minimum atomic E-state index is -3.55. The first kappa shape index (κ1) is 14.3. The minimum absolute atomic E-state index is 0.0168. The van der Waals surface area contributed by atoms with Gasteiger partial charge in [0.1, 0.15) is 0 Å². The summed E-state index contributed by atoms with van der Waals surface area (Å²) < 4.78 is 26.9. The smallest absolute Gasteiger partial charge is 0.243 e. The summed E-state index contributed by atoms with van der Waals surface area (Å²) in [5, 5.41) is 0. The highest BCUT2D eigenvalue weighted by atomic mass is 32.2. The van der Waals surface area contributed by atoms with Crippen molar-refractivity contribution in [2.45, 2.75) is 30.7 Å². The number of amides is 1. The van der Waals surface area contributed by atoms with Crippen LogP contribution in [0.1, 0.15) is 18.4 Å². The van der Waals surface area contributed by atoms with Crippen molar-refractivity contribution >= 4 is 21.6 Å². The maximum Gasteiger partial charge on any atom is 0.243 e. The number of hydrogen-bond donors (Lipinski definition) is 1. The van der Waals surface area contributed by atoms with Crippen molar-refractivity contribution in [3.8, 4) is 0 Å². The van der Waals surface area contributed by atoms with E-state index in [1.54, 1.807) is 17.0 Å². The number of benzene rings is 1. The number of sulfonamides is 1. The van der Waals surface area contributed by atoms with Gasteiger partial charge in [-0.25, -0.2) is 8.42 Å². The fourth-order valence-electron chi connectivity index (χ4n) is 3.13. The second-order valence-corrected chi connectivity index (χ2v) is 7.66. The molecule has 1 amide bonds. The number of piperazine rings is 1. The topological polar surface area (TPSA) is 83.7 Å². The molecule has 2 fully saturated rings. The lowest BCUT2D eigenvalue weighted by Crippen LogP contribution is -2.53. The van der Waals surface area contributed by atoms with Crippen LogP contribution in [-0.4, -0.2) is 49.2 Å². The Labute approximate surface area is 124 Å². The highest BCUT2D eigenvalue weighted by Gasteiger charge is 2.39. The predicted molar refractivity (Wildman–Crippen MR) is 79.1 cm³/mol. The molecule has 3 rings (SSSR count). The summed E-state index contributed by atoms with van der Waals surface area (Å²) in [6.45, 7) is 3.02. The molecule has 2 aliphatic rings. The van der Waals surface area contributed by atoms with E-state index in [0.717, 1.165) is 12.0 Å². The van der Waals surface area contributed by atoms with Gasteiger partial charge in [0.2, 0.25) is 15.9 Å². The molecule has 2 aliphatic heterocycles. The SMILES string of the molecule is Cc1cc(N)cc(S(=O)(=O)N2CCN3C(=O)CCC3C2)c1. The highest BCUT2D eigenvalue weighted by Crippen LogP contribution is 2.27. The maximum absolute atomic E-state index is 12.7. The zero-order chi connectivity index (χ0) is 15.2. The van der Waals surface area contributed by atoms with Crippen molar-refractivity contribution in [1.29, 1.82) is 0 Å². The molecule has 1 aromatic carbocycles. The normalized spacial score (nSPS) is 23.4. The van der Waals surface area contributed by atoms with E-state index >= 15 is 0 Å². The van der Waals surface area contributed by atoms with Crippen LogP contribution in [0.2, 0.25) is 0 Å². The Hall–Kier alpha value is -1.60. The molecule has 0 radical (unpaired) electrons. The number of nitrogens with zero attached hydrogens (tertiary/aromatic N) is 2. The number of fused-ring (bicyclic) bond motifs is 1. The van der Waals surface area contributed by atoms with E-state index < -0.39 is 10.0 Å². The monoisotopic (exact) mass is 309 g/mol. The summed E-state index contributed by atoms with van der Waals surface area (Å²) in [5.74, 6) is 0.136. The number of aryl methyl sites for hydroxylation is 1. The zero-order valence-corrected chi connectivity index (χ0v) is 12.8. The Morgan fingerprint density at radius 3 is 2.71 bits per heavy atom. The molecule has 2 heterocycles. The number of nitrogens with two attached hydrogens (primary N) is 1. The third kappa shape index (κ3) is 2.51. The van der Waals surface area contributed by atoms with Gasteiger partial charge in [0, 0.05) is 37.8 Å². The molecule has 0 saturated carbocycles. The number of nitrogen functional groups attached to an aromatic ring is 1. The molecule has 0 aromatic heterocycles. The maximum atomic E-state index is 12.7. The van der Waals surface area contributed by atoms with Crippen molar-refractivity contribution in [2.24, 2.45) is 0 Å².